The third-order valence-corrected chi connectivity index (χ3v) is 2.68. The van der Waals surface area contributed by atoms with Crippen LogP contribution < -0.4 is 11.3 Å². The van der Waals surface area contributed by atoms with Crippen molar-refractivity contribution in [3.63, 3.8) is 0 Å². The van der Waals surface area contributed by atoms with Gasteiger partial charge in [-0.3, -0.25) is 5.84 Å². The highest BCUT2D eigenvalue weighted by atomic mass is 35.5. The third-order valence-electron chi connectivity index (χ3n) is 2.47. The molecule has 0 bridgehead atoms. The first-order chi connectivity index (χ1) is 6.67. The Morgan fingerprint density at radius 1 is 1.57 bits per heavy atom. The van der Waals surface area contributed by atoms with Gasteiger partial charge in [0.2, 0.25) is 0 Å². The normalized spacial score (nSPS) is 15.4. The van der Waals surface area contributed by atoms with Crippen molar-refractivity contribution in [2.45, 2.75) is 32.7 Å². The van der Waals surface area contributed by atoms with Crippen molar-refractivity contribution in [3.05, 3.63) is 23.1 Å². The van der Waals surface area contributed by atoms with Crippen molar-refractivity contribution < 1.29 is 4.42 Å². The summed E-state index contributed by atoms with van der Waals surface area (Å²) in [6.45, 7) is 4.35. The SMILES string of the molecule is CCC(C)CC(NN)c1ccc(Cl)o1. The molecular formula is C10H17ClN2O. The molecule has 2 unspecified atom stereocenters. The molecule has 4 heteroatoms. The molecule has 1 heterocycles. The van der Waals surface area contributed by atoms with E-state index in [2.05, 4.69) is 19.3 Å². The van der Waals surface area contributed by atoms with Crippen LogP contribution in [0.15, 0.2) is 16.5 Å². The molecule has 14 heavy (non-hydrogen) atoms. The molecule has 0 aliphatic rings. The van der Waals surface area contributed by atoms with Crippen LogP contribution in [-0.4, -0.2) is 0 Å². The summed E-state index contributed by atoms with van der Waals surface area (Å²) >= 11 is 5.70. The van der Waals surface area contributed by atoms with Crippen molar-refractivity contribution in [1.82, 2.24) is 5.43 Å². The highest BCUT2D eigenvalue weighted by Gasteiger charge is 2.16. The fraction of sp³-hybridized carbons (Fsp3) is 0.600. The van der Waals surface area contributed by atoms with E-state index in [0.717, 1.165) is 18.6 Å². The van der Waals surface area contributed by atoms with Gasteiger partial charge in [-0.05, 0) is 36.1 Å². The minimum absolute atomic E-state index is 0.0532. The molecule has 0 saturated carbocycles. The van der Waals surface area contributed by atoms with Gasteiger partial charge in [0.05, 0.1) is 6.04 Å². The van der Waals surface area contributed by atoms with E-state index in [1.165, 1.54) is 0 Å². The molecule has 3 nitrogen and oxygen atoms in total. The standard InChI is InChI=1S/C10H17ClN2O/c1-3-7(2)6-8(13-12)9-4-5-10(11)14-9/h4-5,7-8,13H,3,6,12H2,1-2H3. The summed E-state index contributed by atoms with van der Waals surface area (Å²) in [5, 5.41) is 0.407. The molecule has 0 aliphatic heterocycles. The van der Waals surface area contributed by atoms with E-state index in [9.17, 15) is 0 Å². The van der Waals surface area contributed by atoms with Gasteiger partial charge in [0.1, 0.15) is 5.76 Å². The van der Waals surface area contributed by atoms with Crippen LogP contribution in [0.1, 0.15) is 38.5 Å². The first kappa shape index (κ1) is 11.6. The van der Waals surface area contributed by atoms with Crippen LogP contribution in [0.25, 0.3) is 0 Å². The van der Waals surface area contributed by atoms with Crippen molar-refractivity contribution in [2.24, 2.45) is 11.8 Å². The number of nitrogens with two attached hydrogens (primary N) is 1. The van der Waals surface area contributed by atoms with Crippen LogP contribution in [0.2, 0.25) is 5.22 Å². The van der Waals surface area contributed by atoms with Gasteiger partial charge in [-0.25, -0.2) is 5.43 Å². The average Bonchev–Trinajstić information content (AvgIpc) is 2.60. The second-order valence-electron chi connectivity index (χ2n) is 3.61. The van der Waals surface area contributed by atoms with Crippen molar-refractivity contribution in [3.8, 4) is 0 Å². The van der Waals surface area contributed by atoms with Gasteiger partial charge in [-0.2, -0.15) is 0 Å². The maximum atomic E-state index is 5.70. The van der Waals surface area contributed by atoms with Gasteiger partial charge in [0, 0.05) is 0 Å². The third kappa shape index (κ3) is 3.01. The zero-order chi connectivity index (χ0) is 10.6. The molecule has 2 atom stereocenters. The summed E-state index contributed by atoms with van der Waals surface area (Å²) in [6, 6.07) is 3.64. The molecule has 0 spiro atoms. The van der Waals surface area contributed by atoms with E-state index >= 15 is 0 Å². The molecule has 0 amide bonds. The summed E-state index contributed by atoms with van der Waals surface area (Å²) < 4.78 is 5.30. The van der Waals surface area contributed by atoms with Crippen LogP contribution in [0.3, 0.4) is 0 Å². The Morgan fingerprint density at radius 2 is 2.29 bits per heavy atom. The molecule has 0 aromatic carbocycles. The van der Waals surface area contributed by atoms with Crippen LogP contribution in [0.4, 0.5) is 0 Å². The molecule has 0 saturated heterocycles. The van der Waals surface area contributed by atoms with E-state index < -0.39 is 0 Å². The van der Waals surface area contributed by atoms with Crippen LogP contribution in [-0.2, 0) is 0 Å². The van der Waals surface area contributed by atoms with Gasteiger partial charge in [-0.1, -0.05) is 20.3 Å². The first-order valence-electron chi connectivity index (χ1n) is 4.88. The summed E-state index contributed by atoms with van der Waals surface area (Å²) in [4.78, 5) is 0. The Labute approximate surface area is 89.6 Å². The predicted molar refractivity (Wildman–Crippen MR) is 57.9 cm³/mol. The van der Waals surface area contributed by atoms with Crippen molar-refractivity contribution >= 4 is 11.6 Å². The lowest BCUT2D eigenvalue weighted by Crippen LogP contribution is -2.29. The minimum atomic E-state index is 0.0532. The minimum Gasteiger partial charge on any atom is -0.448 e. The maximum Gasteiger partial charge on any atom is 0.193 e. The lowest BCUT2D eigenvalue weighted by atomic mass is 9.98. The smallest absolute Gasteiger partial charge is 0.193 e. The molecule has 1 aromatic rings. The Bertz CT molecular complexity index is 275. The number of rotatable bonds is 5. The van der Waals surface area contributed by atoms with Gasteiger partial charge < -0.3 is 4.42 Å². The largest absolute Gasteiger partial charge is 0.448 e. The van der Waals surface area contributed by atoms with Crippen LogP contribution >= 0.6 is 11.6 Å². The van der Waals surface area contributed by atoms with Crippen molar-refractivity contribution in [2.75, 3.05) is 0 Å². The zero-order valence-corrected chi connectivity index (χ0v) is 9.34. The number of halogens is 1. The lowest BCUT2D eigenvalue weighted by molar-refractivity contribution is 0.351. The number of furan rings is 1. The molecular weight excluding hydrogens is 200 g/mol. The summed E-state index contributed by atoms with van der Waals surface area (Å²) in [5.74, 6) is 6.88. The number of hydrazine groups is 1. The van der Waals surface area contributed by atoms with E-state index in [0.29, 0.717) is 11.1 Å². The van der Waals surface area contributed by atoms with E-state index in [1.807, 2.05) is 6.07 Å². The van der Waals surface area contributed by atoms with Crippen molar-refractivity contribution in [1.29, 1.82) is 0 Å². The Morgan fingerprint density at radius 3 is 2.71 bits per heavy atom. The number of hydrogen-bond acceptors (Lipinski definition) is 3. The summed E-state index contributed by atoms with van der Waals surface area (Å²) in [5.41, 5.74) is 2.74. The molecule has 0 radical (unpaired) electrons. The summed E-state index contributed by atoms with van der Waals surface area (Å²) in [7, 11) is 0. The highest BCUT2D eigenvalue weighted by molar-refractivity contribution is 6.28. The predicted octanol–water partition coefficient (Wildman–Crippen LogP) is 2.87. The Balaban J connectivity index is 2.62. The number of nitrogens with one attached hydrogen (secondary N) is 1. The van der Waals surface area contributed by atoms with Gasteiger partial charge in [0.15, 0.2) is 5.22 Å². The topological polar surface area (TPSA) is 51.2 Å². The van der Waals surface area contributed by atoms with Crippen LogP contribution in [0.5, 0.6) is 0 Å². The molecule has 0 fully saturated rings. The molecule has 3 N–H and O–H groups in total. The monoisotopic (exact) mass is 216 g/mol. The number of hydrogen-bond donors (Lipinski definition) is 2. The fourth-order valence-electron chi connectivity index (χ4n) is 1.35. The van der Waals surface area contributed by atoms with E-state index in [-0.39, 0.29) is 6.04 Å². The lowest BCUT2D eigenvalue weighted by Gasteiger charge is -2.16. The molecule has 1 rings (SSSR count). The van der Waals surface area contributed by atoms with E-state index in [1.54, 1.807) is 6.07 Å². The zero-order valence-electron chi connectivity index (χ0n) is 8.59. The Kier molecular flexibility index (Phi) is 4.45. The quantitative estimate of drug-likeness (QED) is 0.588. The van der Waals surface area contributed by atoms with Crippen LogP contribution in [0, 0.1) is 5.92 Å². The van der Waals surface area contributed by atoms with E-state index in [4.69, 9.17) is 21.9 Å². The highest BCUT2D eigenvalue weighted by Crippen LogP contribution is 2.25. The summed E-state index contributed by atoms with van der Waals surface area (Å²) in [6.07, 6.45) is 2.09. The van der Waals surface area contributed by atoms with Gasteiger partial charge >= 0.3 is 0 Å². The van der Waals surface area contributed by atoms with Gasteiger partial charge in [0.25, 0.3) is 0 Å². The maximum absolute atomic E-state index is 5.70. The molecule has 0 aliphatic carbocycles. The Hall–Kier alpha value is -0.510. The second kappa shape index (κ2) is 5.39. The average molecular weight is 217 g/mol. The fourth-order valence-corrected chi connectivity index (χ4v) is 1.50. The molecule has 1 aromatic heterocycles. The first-order valence-corrected chi connectivity index (χ1v) is 5.26. The molecule has 80 valence electrons. The second-order valence-corrected chi connectivity index (χ2v) is 3.98. The van der Waals surface area contributed by atoms with Gasteiger partial charge in [-0.15, -0.1) is 0 Å².